The lowest BCUT2D eigenvalue weighted by molar-refractivity contribution is -0.125. The highest BCUT2D eigenvalue weighted by Crippen LogP contribution is 2.21. The monoisotopic (exact) mass is 296 g/mol. The van der Waals surface area contributed by atoms with Crippen molar-refractivity contribution in [3.8, 4) is 11.3 Å². The summed E-state index contributed by atoms with van der Waals surface area (Å²) in [5, 5.41) is 7.23. The van der Waals surface area contributed by atoms with Crippen LogP contribution >= 0.6 is 0 Å². The second kappa shape index (κ2) is 6.56. The number of allylic oxidation sites excluding steroid dienone is 2. The van der Waals surface area contributed by atoms with Gasteiger partial charge in [-0.15, -0.1) is 0 Å². The molecule has 1 aliphatic carbocycles. The molecule has 1 amide bonds. The van der Waals surface area contributed by atoms with Crippen LogP contribution in [-0.2, 0) is 18.4 Å². The molecule has 1 N–H and O–H groups in total. The van der Waals surface area contributed by atoms with Gasteiger partial charge in [-0.25, -0.2) is 0 Å². The van der Waals surface area contributed by atoms with E-state index in [0.717, 1.165) is 36.1 Å². The molecule has 22 heavy (non-hydrogen) atoms. The van der Waals surface area contributed by atoms with Crippen LogP contribution in [0.4, 0.5) is 0 Å². The van der Waals surface area contributed by atoms with Gasteiger partial charge in [-0.3, -0.25) is 14.5 Å². The standard InChI is InChI=1S/C17H20N4O/c1-21-12-15(11-20-21)16-14(8-5-9-18-16)10-19-17(22)13-6-3-2-4-7-13/h2-3,5,8-9,11-13H,4,6-7,10H2,1H3,(H,19,22)/t13-/m1/s1. The number of carbonyl (C=O) groups is 1. The smallest absolute Gasteiger partial charge is 0.223 e. The number of amides is 1. The van der Waals surface area contributed by atoms with Gasteiger partial charge in [0.2, 0.25) is 5.91 Å². The van der Waals surface area contributed by atoms with E-state index in [1.165, 1.54) is 0 Å². The Kier molecular flexibility index (Phi) is 4.32. The molecular weight excluding hydrogens is 276 g/mol. The second-order valence-electron chi connectivity index (χ2n) is 5.61. The summed E-state index contributed by atoms with van der Waals surface area (Å²) in [6.45, 7) is 0.497. The summed E-state index contributed by atoms with van der Waals surface area (Å²) in [7, 11) is 1.88. The summed E-state index contributed by atoms with van der Waals surface area (Å²) < 4.78 is 1.75. The minimum atomic E-state index is 0.100. The first-order valence-electron chi connectivity index (χ1n) is 7.59. The molecule has 3 rings (SSSR count). The van der Waals surface area contributed by atoms with E-state index < -0.39 is 0 Å². The van der Waals surface area contributed by atoms with Crippen LogP contribution in [-0.4, -0.2) is 20.7 Å². The topological polar surface area (TPSA) is 59.8 Å². The van der Waals surface area contributed by atoms with Crippen LogP contribution < -0.4 is 5.32 Å². The number of rotatable bonds is 4. The van der Waals surface area contributed by atoms with Crippen LogP contribution in [0.1, 0.15) is 24.8 Å². The molecule has 5 nitrogen and oxygen atoms in total. The molecule has 0 bridgehead atoms. The summed E-state index contributed by atoms with van der Waals surface area (Å²) >= 11 is 0. The summed E-state index contributed by atoms with van der Waals surface area (Å²) in [6.07, 6.45) is 12.5. The minimum Gasteiger partial charge on any atom is -0.352 e. The Balaban J connectivity index is 1.70. The first-order valence-corrected chi connectivity index (χ1v) is 7.59. The van der Waals surface area contributed by atoms with E-state index in [0.29, 0.717) is 6.54 Å². The molecule has 0 unspecified atom stereocenters. The van der Waals surface area contributed by atoms with Crippen LogP contribution in [0.25, 0.3) is 11.3 Å². The fourth-order valence-electron chi connectivity index (χ4n) is 2.74. The number of hydrogen-bond acceptors (Lipinski definition) is 3. The van der Waals surface area contributed by atoms with Crippen LogP contribution in [0.15, 0.2) is 42.9 Å². The first kappa shape index (κ1) is 14.5. The van der Waals surface area contributed by atoms with Crippen molar-refractivity contribution in [2.45, 2.75) is 25.8 Å². The van der Waals surface area contributed by atoms with E-state index in [-0.39, 0.29) is 11.8 Å². The van der Waals surface area contributed by atoms with Crippen molar-refractivity contribution in [3.63, 3.8) is 0 Å². The molecule has 0 aliphatic heterocycles. The number of hydrogen-bond donors (Lipinski definition) is 1. The Morgan fingerprint density at radius 1 is 1.45 bits per heavy atom. The molecule has 1 atom stereocenters. The molecule has 2 heterocycles. The zero-order valence-corrected chi connectivity index (χ0v) is 12.7. The van der Waals surface area contributed by atoms with Gasteiger partial charge >= 0.3 is 0 Å². The van der Waals surface area contributed by atoms with Crippen molar-refractivity contribution in [2.75, 3.05) is 0 Å². The van der Waals surface area contributed by atoms with Crippen molar-refractivity contribution in [1.82, 2.24) is 20.1 Å². The highest BCUT2D eigenvalue weighted by atomic mass is 16.1. The number of pyridine rings is 1. The second-order valence-corrected chi connectivity index (χ2v) is 5.61. The number of aromatic nitrogens is 3. The van der Waals surface area contributed by atoms with Crippen molar-refractivity contribution in [1.29, 1.82) is 0 Å². The molecule has 114 valence electrons. The molecule has 2 aromatic heterocycles. The molecule has 1 aliphatic rings. The van der Waals surface area contributed by atoms with E-state index in [2.05, 4.69) is 27.6 Å². The number of nitrogens with zero attached hydrogens (tertiary/aromatic N) is 3. The van der Waals surface area contributed by atoms with Gasteiger partial charge in [0.1, 0.15) is 0 Å². The van der Waals surface area contributed by atoms with Crippen LogP contribution in [0.5, 0.6) is 0 Å². The molecule has 5 heteroatoms. The van der Waals surface area contributed by atoms with Gasteiger partial charge in [-0.1, -0.05) is 18.2 Å². The minimum absolute atomic E-state index is 0.100. The molecule has 0 saturated heterocycles. The molecule has 0 radical (unpaired) electrons. The average Bonchev–Trinajstić information content (AvgIpc) is 3.00. The number of carbonyl (C=O) groups excluding carboxylic acids is 1. The van der Waals surface area contributed by atoms with Crippen LogP contribution in [0.3, 0.4) is 0 Å². The van der Waals surface area contributed by atoms with Gasteiger partial charge in [0.25, 0.3) is 0 Å². The van der Waals surface area contributed by atoms with E-state index in [4.69, 9.17) is 0 Å². The van der Waals surface area contributed by atoms with Crippen LogP contribution in [0.2, 0.25) is 0 Å². The fourth-order valence-corrected chi connectivity index (χ4v) is 2.74. The maximum absolute atomic E-state index is 12.2. The normalized spacial score (nSPS) is 17.4. The average molecular weight is 296 g/mol. The Hall–Kier alpha value is -2.43. The maximum Gasteiger partial charge on any atom is 0.223 e. The van der Waals surface area contributed by atoms with E-state index in [1.54, 1.807) is 17.1 Å². The third kappa shape index (κ3) is 3.24. The molecular formula is C17H20N4O. The van der Waals surface area contributed by atoms with Crippen LogP contribution in [0, 0.1) is 5.92 Å². The predicted molar refractivity (Wildman–Crippen MR) is 84.8 cm³/mol. The summed E-state index contributed by atoms with van der Waals surface area (Å²) in [4.78, 5) is 16.7. The van der Waals surface area contributed by atoms with Crippen molar-refractivity contribution in [3.05, 3.63) is 48.4 Å². The van der Waals surface area contributed by atoms with Gasteiger partial charge in [0, 0.05) is 37.5 Å². The van der Waals surface area contributed by atoms with Crippen molar-refractivity contribution < 1.29 is 4.79 Å². The lowest BCUT2D eigenvalue weighted by Crippen LogP contribution is -2.30. The molecule has 0 fully saturated rings. The summed E-state index contributed by atoms with van der Waals surface area (Å²) in [5.41, 5.74) is 2.85. The van der Waals surface area contributed by atoms with Gasteiger partial charge in [-0.05, 0) is 30.9 Å². The molecule has 0 saturated carbocycles. The van der Waals surface area contributed by atoms with Gasteiger partial charge in [0.05, 0.1) is 11.9 Å². The maximum atomic E-state index is 12.2. The third-order valence-electron chi connectivity index (χ3n) is 3.96. The lowest BCUT2D eigenvalue weighted by Gasteiger charge is -2.17. The van der Waals surface area contributed by atoms with Gasteiger partial charge < -0.3 is 5.32 Å². The summed E-state index contributed by atoms with van der Waals surface area (Å²) in [5.74, 6) is 0.230. The zero-order chi connectivity index (χ0) is 15.4. The highest BCUT2D eigenvalue weighted by Gasteiger charge is 2.18. The fraction of sp³-hybridized carbons (Fsp3) is 0.353. The van der Waals surface area contributed by atoms with E-state index in [9.17, 15) is 4.79 Å². The third-order valence-corrected chi connectivity index (χ3v) is 3.96. The van der Waals surface area contributed by atoms with E-state index in [1.807, 2.05) is 25.4 Å². The highest BCUT2D eigenvalue weighted by molar-refractivity contribution is 5.79. The van der Waals surface area contributed by atoms with E-state index >= 15 is 0 Å². The lowest BCUT2D eigenvalue weighted by atomic mass is 9.93. The Labute approximate surface area is 130 Å². The van der Waals surface area contributed by atoms with Crippen molar-refractivity contribution in [2.24, 2.45) is 13.0 Å². The molecule has 0 aromatic carbocycles. The Morgan fingerprint density at radius 3 is 3.09 bits per heavy atom. The van der Waals surface area contributed by atoms with Gasteiger partial charge in [0.15, 0.2) is 0 Å². The number of nitrogens with one attached hydrogen (secondary N) is 1. The summed E-state index contributed by atoms with van der Waals surface area (Å²) in [6, 6.07) is 3.89. The first-order chi connectivity index (χ1) is 10.7. The molecule has 0 spiro atoms. The number of aryl methyl sites for hydroxylation is 1. The SMILES string of the molecule is Cn1cc(-c2ncccc2CNC(=O)[C@@H]2CC=CCC2)cn1. The predicted octanol–water partition coefficient (Wildman–Crippen LogP) is 2.45. The molecule has 2 aromatic rings. The Bertz CT molecular complexity index is 689. The van der Waals surface area contributed by atoms with Gasteiger partial charge in [-0.2, -0.15) is 5.10 Å². The Morgan fingerprint density at radius 2 is 2.36 bits per heavy atom. The van der Waals surface area contributed by atoms with Crippen molar-refractivity contribution >= 4 is 5.91 Å². The largest absolute Gasteiger partial charge is 0.352 e. The quantitative estimate of drug-likeness (QED) is 0.882. The zero-order valence-electron chi connectivity index (χ0n) is 12.7.